The fourth-order valence-electron chi connectivity index (χ4n) is 6.03. The highest BCUT2D eigenvalue weighted by Gasteiger charge is 2.27. The number of fused-ring (bicyclic) bond motifs is 6. The summed E-state index contributed by atoms with van der Waals surface area (Å²) in [4.78, 5) is 61.7. The molecule has 56 heavy (non-hydrogen) atoms. The SMILES string of the molecule is CC(C)(C)OC(=O)c1cc2c3cc(C#Cc4ccc5c(c4)c4cc(C(=O)OC(C)(C)C)ncc4n5C(=O)OC(C)(C)C)ccc3n(C(=O)OC(C)(C)C)c2cn1. The van der Waals surface area contributed by atoms with Crippen molar-refractivity contribution in [3.8, 4) is 11.8 Å². The van der Waals surface area contributed by atoms with Crippen LogP contribution in [0.3, 0.4) is 0 Å². The highest BCUT2D eigenvalue weighted by molar-refractivity contribution is 6.15. The van der Waals surface area contributed by atoms with Crippen molar-refractivity contribution in [2.45, 2.75) is 105 Å². The van der Waals surface area contributed by atoms with E-state index in [-0.39, 0.29) is 11.4 Å². The number of esters is 2. The summed E-state index contributed by atoms with van der Waals surface area (Å²) in [5, 5.41) is 2.50. The Morgan fingerprint density at radius 3 is 1.11 bits per heavy atom. The first-order valence-corrected chi connectivity index (χ1v) is 18.2. The van der Waals surface area contributed by atoms with Crippen LogP contribution in [0.25, 0.3) is 43.6 Å². The molecule has 12 heteroatoms. The van der Waals surface area contributed by atoms with Crippen molar-refractivity contribution in [2.75, 3.05) is 0 Å². The van der Waals surface area contributed by atoms with E-state index in [9.17, 15) is 19.2 Å². The van der Waals surface area contributed by atoms with E-state index in [1.807, 2.05) is 12.1 Å². The summed E-state index contributed by atoms with van der Waals surface area (Å²) in [6, 6.07) is 14.0. The second kappa shape index (κ2) is 13.8. The number of aromatic nitrogens is 4. The molecule has 290 valence electrons. The van der Waals surface area contributed by atoms with Crippen LogP contribution in [0.4, 0.5) is 9.59 Å². The summed E-state index contributed by atoms with van der Waals surface area (Å²) < 4.78 is 25.5. The van der Waals surface area contributed by atoms with Crippen LogP contribution in [-0.2, 0) is 18.9 Å². The van der Waals surface area contributed by atoms with E-state index in [1.165, 1.54) is 21.5 Å². The van der Waals surface area contributed by atoms with Crippen molar-refractivity contribution >= 4 is 67.7 Å². The van der Waals surface area contributed by atoms with E-state index in [0.29, 0.717) is 54.7 Å². The molecule has 0 radical (unpaired) electrons. The van der Waals surface area contributed by atoms with Gasteiger partial charge in [0.05, 0.1) is 34.5 Å². The average Bonchev–Trinajstić information content (AvgIpc) is 3.55. The molecule has 0 aliphatic rings. The van der Waals surface area contributed by atoms with Gasteiger partial charge in [-0.3, -0.25) is 0 Å². The maximum Gasteiger partial charge on any atom is 0.419 e. The third-order valence-electron chi connectivity index (χ3n) is 8.02. The molecule has 0 aliphatic heterocycles. The van der Waals surface area contributed by atoms with Gasteiger partial charge in [0.25, 0.3) is 0 Å². The molecule has 4 heterocycles. The monoisotopic (exact) mass is 758 g/mol. The quantitative estimate of drug-likeness (QED) is 0.0952. The summed E-state index contributed by atoms with van der Waals surface area (Å²) in [5.74, 6) is 5.26. The fourth-order valence-corrected chi connectivity index (χ4v) is 6.03. The predicted molar refractivity (Wildman–Crippen MR) is 214 cm³/mol. The molecule has 0 unspecified atom stereocenters. The van der Waals surface area contributed by atoms with Gasteiger partial charge in [0, 0.05) is 32.7 Å². The van der Waals surface area contributed by atoms with Crippen LogP contribution in [0.1, 0.15) is 115 Å². The van der Waals surface area contributed by atoms with Gasteiger partial charge in [-0.2, -0.15) is 0 Å². The highest BCUT2D eigenvalue weighted by Crippen LogP contribution is 2.33. The van der Waals surface area contributed by atoms with Crippen molar-refractivity contribution in [1.29, 1.82) is 0 Å². The maximum atomic E-state index is 13.5. The largest absolute Gasteiger partial charge is 0.455 e. The topological polar surface area (TPSA) is 141 Å². The molecule has 12 nitrogen and oxygen atoms in total. The van der Waals surface area contributed by atoms with Gasteiger partial charge in [-0.25, -0.2) is 38.3 Å². The Hall–Kier alpha value is -6.22. The van der Waals surface area contributed by atoms with Crippen molar-refractivity contribution in [1.82, 2.24) is 19.1 Å². The number of nitrogens with zero attached hydrogens (tertiary/aromatic N) is 4. The average molecular weight is 759 g/mol. The van der Waals surface area contributed by atoms with Crippen molar-refractivity contribution in [3.05, 3.63) is 83.4 Å². The molecular weight excluding hydrogens is 713 g/mol. The normalized spacial score (nSPS) is 12.4. The van der Waals surface area contributed by atoms with Gasteiger partial charge >= 0.3 is 24.1 Å². The molecule has 0 atom stereocenters. The van der Waals surface area contributed by atoms with Gasteiger partial charge in [-0.1, -0.05) is 11.8 Å². The first kappa shape index (κ1) is 39.5. The smallest absolute Gasteiger partial charge is 0.419 e. The summed E-state index contributed by atoms with van der Waals surface area (Å²) in [6.45, 7) is 21.4. The number of carbonyl (C=O) groups is 4. The molecule has 0 amide bonds. The number of hydrogen-bond donors (Lipinski definition) is 0. The molecule has 0 bridgehead atoms. The Kier molecular flexibility index (Phi) is 9.74. The third kappa shape index (κ3) is 8.52. The molecule has 0 spiro atoms. The van der Waals surface area contributed by atoms with E-state index in [4.69, 9.17) is 18.9 Å². The Labute approximate surface area is 325 Å². The molecule has 6 rings (SSSR count). The molecular formula is C44H46N4O8. The minimum absolute atomic E-state index is 0.0935. The molecule has 0 fully saturated rings. The first-order valence-electron chi connectivity index (χ1n) is 18.2. The fraction of sp³-hybridized carbons (Fsp3) is 0.364. The number of pyridine rings is 2. The first-order chi connectivity index (χ1) is 25.9. The van der Waals surface area contributed by atoms with E-state index in [2.05, 4.69) is 21.8 Å². The highest BCUT2D eigenvalue weighted by atomic mass is 16.6. The molecule has 2 aromatic carbocycles. The Balaban J connectivity index is 1.48. The van der Waals surface area contributed by atoms with Gasteiger partial charge in [-0.05, 0) is 132 Å². The molecule has 0 saturated carbocycles. The van der Waals surface area contributed by atoms with Crippen molar-refractivity contribution < 1.29 is 38.1 Å². The van der Waals surface area contributed by atoms with Crippen molar-refractivity contribution in [2.24, 2.45) is 0 Å². The zero-order chi connectivity index (χ0) is 41.1. The molecule has 6 aromatic rings. The summed E-state index contributed by atoms with van der Waals surface area (Å²) in [5.41, 5.74) is 0.477. The maximum absolute atomic E-state index is 13.5. The Bertz CT molecular complexity index is 2480. The van der Waals surface area contributed by atoms with E-state index in [0.717, 1.165) is 0 Å². The summed E-state index contributed by atoms with van der Waals surface area (Å²) >= 11 is 0. The zero-order valence-electron chi connectivity index (χ0n) is 33.8. The van der Waals surface area contributed by atoms with Gasteiger partial charge < -0.3 is 18.9 Å². The number of hydrogen-bond acceptors (Lipinski definition) is 10. The number of rotatable bonds is 2. The van der Waals surface area contributed by atoms with Crippen LogP contribution in [0.5, 0.6) is 0 Å². The standard InChI is InChI=1S/C44H46N4O8/c1-41(2,3)53-37(49)31-21-29-27-19-25(15-17-33(27)47(35(29)23-45-31)39(51)55-43(7,8)9)13-14-26-16-18-34-28(20-26)30-22-32(38(50)54-42(4,5)6)46-24-36(30)48(34)40(52)56-44(10,11)12/h15-24H,1-12H3. The molecule has 0 saturated heterocycles. The third-order valence-corrected chi connectivity index (χ3v) is 8.02. The summed E-state index contributed by atoms with van der Waals surface area (Å²) in [7, 11) is 0. The molecule has 0 N–H and O–H groups in total. The molecule has 0 aliphatic carbocycles. The Morgan fingerprint density at radius 1 is 0.464 bits per heavy atom. The minimum atomic E-state index is -0.760. The van der Waals surface area contributed by atoms with Gasteiger partial charge in [0.1, 0.15) is 33.8 Å². The lowest BCUT2D eigenvalue weighted by molar-refractivity contribution is 0.00507. The van der Waals surface area contributed by atoms with Gasteiger partial charge in [0.15, 0.2) is 0 Å². The second-order valence-electron chi connectivity index (χ2n) is 17.5. The number of carbonyl (C=O) groups excluding carboxylic acids is 4. The van der Waals surface area contributed by atoms with Crippen LogP contribution in [-0.4, -0.2) is 65.6 Å². The van der Waals surface area contributed by atoms with Crippen LogP contribution in [0.2, 0.25) is 0 Å². The molecule has 4 aromatic heterocycles. The lowest BCUT2D eigenvalue weighted by atomic mass is 10.1. The van der Waals surface area contributed by atoms with E-state index >= 15 is 0 Å². The Morgan fingerprint density at radius 2 is 0.786 bits per heavy atom. The number of benzene rings is 2. The van der Waals surface area contributed by atoms with E-state index in [1.54, 1.807) is 119 Å². The lowest BCUT2D eigenvalue weighted by Gasteiger charge is -2.20. The lowest BCUT2D eigenvalue weighted by Crippen LogP contribution is -2.27. The second-order valence-corrected chi connectivity index (χ2v) is 17.5. The van der Waals surface area contributed by atoms with Crippen LogP contribution in [0, 0.1) is 11.8 Å². The van der Waals surface area contributed by atoms with Crippen molar-refractivity contribution in [3.63, 3.8) is 0 Å². The zero-order valence-corrected chi connectivity index (χ0v) is 33.8. The van der Waals surface area contributed by atoms with Crippen LogP contribution >= 0.6 is 0 Å². The predicted octanol–water partition coefficient (Wildman–Crippen LogP) is 9.57. The van der Waals surface area contributed by atoms with E-state index < -0.39 is 46.5 Å². The summed E-state index contributed by atoms with van der Waals surface area (Å²) in [6.07, 6.45) is 1.76. The van der Waals surface area contributed by atoms with Crippen LogP contribution < -0.4 is 0 Å². The van der Waals surface area contributed by atoms with Gasteiger partial charge in [0.2, 0.25) is 0 Å². The minimum Gasteiger partial charge on any atom is -0.455 e. The van der Waals surface area contributed by atoms with Gasteiger partial charge in [-0.15, -0.1) is 0 Å². The van der Waals surface area contributed by atoms with Crippen LogP contribution in [0.15, 0.2) is 60.9 Å². The number of ether oxygens (including phenoxy) is 4.